The number of likely N-dealkylation sites (tertiary alicyclic amines) is 1. The minimum atomic E-state index is -2.27. The quantitative estimate of drug-likeness (QED) is 0.728. The summed E-state index contributed by atoms with van der Waals surface area (Å²) in [7, 11) is 0. The predicted octanol–water partition coefficient (Wildman–Crippen LogP) is 1.20. The summed E-state index contributed by atoms with van der Waals surface area (Å²) in [6.07, 6.45) is -2.27. The van der Waals surface area contributed by atoms with Gasteiger partial charge in [0.15, 0.2) is 0 Å². The second kappa shape index (κ2) is 3.88. The van der Waals surface area contributed by atoms with Gasteiger partial charge in [-0.2, -0.15) is 0 Å². The van der Waals surface area contributed by atoms with Gasteiger partial charge in [-0.3, -0.25) is 4.90 Å². The molecule has 2 nitrogen and oxygen atoms in total. The number of halogens is 2. The van der Waals surface area contributed by atoms with Crippen LogP contribution in [0, 0.1) is 11.3 Å². The zero-order valence-corrected chi connectivity index (χ0v) is 8.13. The molecule has 1 saturated heterocycles. The number of rotatable bonds is 3. The first-order valence-electron chi connectivity index (χ1n) is 4.59. The lowest BCUT2D eigenvalue weighted by Gasteiger charge is -2.25. The first-order valence-corrected chi connectivity index (χ1v) is 4.59. The molecule has 0 bridgehead atoms. The third-order valence-electron chi connectivity index (χ3n) is 3.06. The Morgan fingerprint density at radius 2 is 2.23 bits per heavy atom. The molecule has 0 aromatic heterocycles. The summed E-state index contributed by atoms with van der Waals surface area (Å²) in [5.41, 5.74) is -0.200. The number of alkyl halides is 2. The maximum atomic E-state index is 12.1. The molecule has 13 heavy (non-hydrogen) atoms. The van der Waals surface area contributed by atoms with Crippen LogP contribution in [0.25, 0.3) is 0 Å². The molecule has 0 aliphatic carbocycles. The maximum absolute atomic E-state index is 12.1. The van der Waals surface area contributed by atoms with Crippen molar-refractivity contribution in [1.29, 1.82) is 0 Å². The topological polar surface area (TPSA) is 23.5 Å². The lowest BCUT2D eigenvalue weighted by molar-refractivity contribution is 0.0837. The van der Waals surface area contributed by atoms with Gasteiger partial charge in [0.25, 0.3) is 6.43 Å². The van der Waals surface area contributed by atoms with Crippen LogP contribution in [0.4, 0.5) is 8.78 Å². The first-order chi connectivity index (χ1) is 5.98. The molecule has 0 aromatic rings. The van der Waals surface area contributed by atoms with Gasteiger partial charge in [-0.05, 0) is 5.92 Å². The zero-order chi connectivity index (χ0) is 10.1. The van der Waals surface area contributed by atoms with Crippen molar-refractivity contribution >= 4 is 0 Å². The van der Waals surface area contributed by atoms with Gasteiger partial charge in [0.05, 0.1) is 6.54 Å². The van der Waals surface area contributed by atoms with E-state index in [1.807, 2.05) is 13.8 Å². The summed E-state index contributed by atoms with van der Waals surface area (Å²) in [4.78, 5) is 1.73. The SMILES string of the molecule is CC1CN(CC(F)F)CC1(C)CO. The van der Waals surface area contributed by atoms with E-state index in [4.69, 9.17) is 5.11 Å². The highest BCUT2D eigenvalue weighted by Crippen LogP contribution is 2.34. The number of hydrogen-bond donors (Lipinski definition) is 1. The van der Waals surface area contributed by atoms with Crippen molar-refractivity contribution in [3.8, 4) is 0 Å². The third-order valence-corrected chi connectivity index (χ3v) is 3.06. The van der Waals surface area contributed by atoms with Crippen molar-refractivity contribution in [2.75, 3.05) is 26.2 Å². The smallest absolute Gasteiger partial charge is 0.251 e. The van der Waals surface area contributed by atoms with Gasteiger partial charge in [0.1, 0.15) is 0 Å². The first kappa shape index (κ1) is 10.9. The van der Waals surface area contributed by atoms with Crippen LogP contribution in [-0.2, 0) is 0 Å². The maximum Gasteiger partial charge on any atom is 0.251 e. The van der Waals surface area contributed by atoms with E-state index in [0.717, 1.165) is 0 Å². The van der Waals surface area contributed by atoms with Gasteiger partial charge in [-0.1, -0.05) is 13.8 Å². The molecular weight excluding hydrogens is 176 g/mol. The van der Waals surface area contributed by atoms with Crippen LogP contribution in [0.5, 0.6) is 0 Å². The van der Waals surface area contributed by atoms with Gasteiger partial charge >= 0.3 is 0 Å². The number of hydrogen-bond acceptors (Lipinski definition) is 2. The molecule has 2 atom stereocenters. The van der Waals surface area contributed by atoms with E-state index in [9.17, 15) is 8.78 Å². The molecule has 78 valence electrons. The van der Waals surface area contributed by atoms with Crippen LogP contribution in [0.3, 0.4) is 0 Å². The average Bonchev–Trinajstić information content (AvgIpc) is 2.27. The van der Waals surface area contributed by atoms with Gasteiger partial charge in [0, 0.05) is 25.1 Å². The third kappa shape index (κ3) is 2.38. The summed E-state index contributed by atoms with van der Waals surface area (Å²) in [6.45, 7) is 5.11. The van der Waals surface area contributed by atoms with E-state index in [1.54, 1.807) is 4.90 Å². The zero-order valence-electron chi connectivity index (χ0n) is 8.13. The van der Waals surface area contributed by atoms with Crippen LogP contribution < -0.4 is 0 Å². The summed E-state index contributed by atoms with van der Waals surface area (Å²) in [5.74, 6) is 0.288. The van der Waals surface area contributed by atoms with Crippen LogP contribution in [0.2, 0.25) is 0 Å². The molecule has 0 spiro atoms. The van der Waals surface area contributed by atoms with Crippen molar-refractivity contribution in [1.82, 2.24) is 4.90 Å². The van der Waals surface area contributed by atoms with E-state index in [0.29, 0.717) is 13.1 Å². The molecular formula is C9H17F2NO. The normalized spacial score (nSPS) is 36.0. The van der Waals surface area contributed by atoms with E-state index in [1.165, 1.54) is 0 Å². The molecule has 0 saturated carbocycles. The number of aliphatic hydroxyl groups excluding tert-OH is 1. The molecule has 1 fully saturated rings. The molecule has 1 aliphatic heterocycles. The van der Waals surface area contributed by atoms with Crippen LogP contribution in [-0.4, -0.2) is 42.7 Å². The average molecular weight is 193 g/mol. The van der Waals surface area contributed by atoms with Crippen LogP contribution in [0.15, 0.2) is 0 Å². The summed E-state index contributed by atoms with van der Waals surface area (Å²) >= 11 is 0. The molecule has 0 amide bonds. The highest BCUT2D eigenvalue weighted by molar-refractivity contribution is 4.91. The summed E-state index contributed by atoms with van der Waals surface area (Å²) in [5, 5.41) is 9.13. The van der Waals surface area contributed by atoms with E-state index in [-0.39, 0.29) is 24.5 Å². The fourth-order valence-corrected chi connectivity index (χ4v) is 1.88. The van der Waals surface area contributed by atoms with E-state index >= 15 is 0 Å². The Balaban J connectivity index is 2.50. The Hall–Kier alpha value is -0.220. The van der Waals surface area contributed by atoms with Gasteiger partial charge < -0.3 is 5.11 Å². The molecule has 2 unspecified atom stereocenters. The van der Waals surface area contributed by atoms with Crippen LogP contribution >= 0.6 is 0 Å². The molecule has 1 N–H and O–H groups in total. The second-order valence-electron chi connectivity index (χ2n) is 4.30. The molecule has 1 rings (SSSR count). The molecule has 1 heterocycles. The highest BCUT2D eigenvalue weighted by Gasteiger charge is 2.40. The number of nitrogens with zero attached hydrogens (tertiary/aromatic N) is 1. The van der Waals surface area contributed by atoms with Crippen molar-refractivity contribution < 1.29 is 13.9 Å². The Kier molecular flexibility index (Phi) is 3.24. The Labute approximate surface area is 77.5 Å². The fraction of sp³-hybridized carbons (Fsp3) is 1.00. The van der Waals surface area contributed by atoms with Gasteiger partial charge in [0.2, 0.25) is 0 Å². The van der Waals surface area contributed by atoms with Crippen LogP contribution in [0.1, 0.15) is 13.8 Å². The van der Waals surface area contributed by atoms with Gasteiger partial charge in [-0.25, -0.2) is 8.78 Å². The largest absolute Gasteiger partial charge is 0.396 e. The van der Waals surface area contributed by atoms with Crippen molar-refractivity contribution in [3.05, 3.63) is 0 Å². The number of aliphatic hydroxyl groups is 1. The molecule has 0 aromatic carbocycles. The molecule has 1 aliphatic rings. The lowest BCUT2D eigenvalue weighted by atomic mass is 9.82. The standard InChI is InChI=1S/C9H17F2NO/c1-7-3-12(4-8(10)11)5-9(7,2)6-13/h7-8,13H,3-6H2,1-2H3. The van der Waals surface area contributed by atoms with Gasteiger partial charge in [-0.15, -0.1) is 0 Å². The van der Waals surface area contributed by atoms with Crippen molar-refractivity contribution in [3.63, 3.8) is 0 Å². The molecule has 0 radical (unpaired) electrons. The second-order valence-corrected chi connectivity index (χ2v) is 4.30. The summed E-state index contributed by atoms with van der Waals surface area (Å²) in [6, 6.07) is 0. The monoisotopic (exact) mass is 193 g/mol. The minimum Gasteiger partial charge on any atom is -0.396 e. The highest BCUT2D eigenvalue weighted by atomic mass is 19.3. The van der Waals surface area contributed by atoms with Crippen molar-refractivity contribution in [2.24, 2.45) is 11.3 Å². The minimum absolute atomic E-state index is 0.0773. The van der Waals surface area contributed by atoms with Crippen molar-refractivity contribution in [2.45, 2.75) is 20.3 Å². The van der Waals surface area contributed by atoms with E-state index < -0.39 is 6.43 Å². The Morgan fingerprint density at radius 1 is 1.62 bits per heavy atom. The Bertz CT molecular complexity index is 177. The molecule has 4 heteroatoms. The fourth-order valence-electron chi connectivity index (χ4n) is 1.88. The van der Waals surface area contributed by atoms with E-state index in [2.05, 4.69) is 0 Å². The lowest BCUT2D eigenvalue weighted by Crippen LogP contribution is -2.31. The summed E-state index contributed by atoms with van der Waals surface area (Å²) < 4.78 is 24.1. The predicted molar refractivity (Wildman–Crippen MR) is 46.8 cm³/mol. The Morgan fingerprint density at radius 3 is 2.62 bits per heavy atom.